The van der Waals surface area contributed by atoms with Gasteiger partial charge in [-0.1, -0.05) is 87.5 Å². The highest BCUT2D eigenvalue weighted by molar-refractivity contribution is 5.88. The number of rotatable bonds is 10. The van der Waals surface area contributed by atoms with Gasteiger partial charge in [-0.05, 0) is 53.6 Å². The SMILES string of the molecule is CCNC(=O)[C@H](Cc1ccccc1)N(Cc1ccccc1C)C(=O)COc1ccc(C(C)(C)C)cc1. The van der Waals surface area contributed by atoms with Crippen molar-refractivity contribution >= 4 is 11.8 Å². The molecule has 3 aromatic rings. The summed E-state index contributed by atoms with van der Waals surface area (Å²) < 4.78 is 5.90. The van der Waals surface area contributed by atoms with Gasteiger partial charge >= 0.3 is 0 Å². The van der Waals surface area contributed by atoms with E-state index >= 15 is 0 Å². The van der Waals surface area contributed by atoms with E-state index < -0.39 is 6.04 Å². The van der Waals surface area contributed by atoms with Gasteiger partial charge in [0.15, 0.2) is 6.61 Å². The van der Waals surface area contributed by atoms with Crippen LogP contribution in [-0.4, -0.2) is 35.9 Å². The number of amides is 2. The summed E-state index contributed by atoms with van der Waals surface area (Å²) in [6.07, 6.45) is 0.421. The highest BCUT2D eigenvalue weighted by Gasteiger charge is 2.30. The summed E-state index contributed by atoms with van der Waals surface area (Å²) in [5, 5.41) is 2.92. The molecule has 190 valence electrons. The molecule has 0 saturated heterocycles. The molecule has 0 radical (unpaired) electrons. The second-order valence-corrected chi connectivity index (χ2v) is 10.1. The zero-order valence-electron chi connectivity index (χ0n) is 22.1. The number of ether oxygens (including phenoxy) is 1. The average molecular weight is 487 g/mol. The Hall–Kier alpha value is -3.60. The van der Waals surface area contributed by atoms with E-state index in [1.165, 1.54) is 5.56 Å². The molecule has 0 aliphatic heterocycles. The van der Waals surface area contributed by atoms with Gasteiger partial charge in [-0.3, -0.25) is 9.59 Å². The summed E-state index contributed by atoms with van der Waals surface area (Å²) in [6.45, 7) is 11.0. The van der Waals surface area contributed by atoms with Crippen LogP contribution in [-0.2, 0) is 28.0 Å². The maximum absolute atomic E-state index is 13.6. The smallest absolute Gasteiger partial charge is 0.261 e. The summed E-state index contributed by atoms with van der Waals surface area (Å²) in [5.74, 6) is 0.230. The third-order valence-corrected chi connectivity index (χ3v) is 6.31. The van der Waals surface area contributed by atoms with Crippen LogP contribution in [0.4, 0.5) is 0 Å². The van der Waals surface area contributed by atoms with Gasteiger partial charge in [0.1, 0.15) is 11.8 Å². The van der Waals surface area contributed by atoms with Crippen LogP contribution < -0.4 is 10.1 Å². The standard InChI is InChI=1S/C31H38N2O3/c1-6-32-30(35)28(20-24-13-8-7-9-14-24)33(21-25-15-11-10-12-23(25)2)29(34)22-36-27-18-16-26(17-19-27)31(3,4)5/h7-19,28H,6,20-22H2,1-5H3,(H,32,35)/t28-/m0/s1. The van der Waals surface area contributed by atoms with Crippen molar-refractivity contribution in [1.82, 2.24) is 10.2 Å². The van der Waals surface area contributed by atoms with Crippen molar-refractivity contribution in [3.8, 4) is 5.75 Å². The van der Waals surface area contributed by atoms with Gasteiger partial charge in [0.05, 0.1) is 0 Å². The highest BCUT2D eigenvalue weighted by Crippen LogP contribution is 2.24. The third kappa shape index (κ3) is 7.45. The highest BCUT2D eigenvalue weighted by atomic mass is 16.5. The van der Waals surface area contributed by atoms with Crippen molar-refractivity contribution in [3.63, 3.8) is 0 Å². The van der Waals surface area contributed by atoms with Crippen molar-refractivity contribution in [2.75, 3.05) is 13.2 Å². The lowest BCUT2D eigenvalue weighted by Crippen LogP contribution is -2.51. The molecule has 0 heterocycles. The summed E-state index contributed by atoms with van der Waals surface area (Å²) in [7, 11) is 0. The van der Waals surface area contributed by atoms with Gasteiger partial charge in [-0.2, -0.15) is 0 Å². The number of nitrogens with one attached hydrogen (secondary N) is 1. The lowest BCUT2D eigenvalue weighted by molar-refractivity contribution is -0.142. The van der Waals surface area contributed by atoms with Gasteiger partial charge < -0.3 is 15.0 Å². The lowest BCUT2D eigenvalue weighted by atomic mass is 9.87. The van der Waals surface area contributed by atoms with Gasteiger partial charge in [0.25, 0.3) is 5.91 Å². The Kier molecular flexibility index (Phi) is 9.29. The Balaban J connectivity index is 1.86. The number of likely N-dealkylation sites (N-methyl/N-ethyl adjacent to an activating group) is 1. The molecular formula is C31H38N2O3. The predicted octanol–water partition coefficient (Wildman–Crippen LogP) is 5.45. The number of benzene rings is 3. The van der Waals surface area contributed by atoms with E-state index in [2.05, 4.69) is 26.1 Å². The van der Waals surface area contributed by atoms with Crippen molar-refractivity contribution in [1.29, 1.82) is 0 Å². The second-order valence-electron chi connectivity index (χ2n) is 10.1. The van der Waals surface area contributed by atoms with Crippen molar-refractivity contribution in [3.05, 3.63) is 101 Å². The maximum Gasteiger partial charge on any atom is 0.261 e. The number of nitrogens with zero attached hydrogens (tertiary/aromatic N) is 1. The molecule has 2 amide bonds. The van der Waals surface area contributed by atoms with Gasteiger partial charge in [0.2, 0.25) is 5.91 Å². The van der Waals surface area contributed by atoms with E-state index in [1.807, 2.05) is 92.7 Å². The van der Waals surface area contributed by atoms with Crippen LogP contribution in [0.3, 0.4) is 0 Å². The molecule has 0 unspecified atom stereocenters. The van der Waals surface area contributed by atoms with Gasteiger partial charge in [-0.15, -0.1) is 0 Å². The van der Waals surface area contributed by atoms with Crippen LogP contribution in [0.2, 0.25) is 0 Å². The Morgan fingerprint density at radius 2 is 1.56 bits per heavy atom. The van der Waals surface area contributed by atoms with E-state index in [0.29, 0.717) is 25.3 Å². The molecule has 36 heavy (non-hydrogen) atoms. The first kappa shape index (κ1) is 27.0. The molecule has 0 fully saturated rings. The number of carbonyl (C=O) groups excluding carboxylic acids is 2. The summed E-state index contributed by atoms with van der Waals surface area (Å²) in [5.41, 5.74) is 4.30. The Bertz CT molecular complexity index is 1130. The largest absolute Gasteiger partial charge is 0.484 e. The number of hydrogen-bond donors (Lipinski definition) is 1. The van der Waals surface area contributed by atoms with Crippen molar-refractivity contribution < 1.29 is 14.3 Å². The molecule has 1 atom stereocenters. The molecule has 0 aliphatic rings. The Morgan fingerprint density at radius 3 is 2.17 bits per heavy atom. The molecule has 0 bridgehead atoms. The number of carbonyl (C=O) groups is 2. The second kappa shape index (κ2) is 12.4. The van der Waals surface area contributed by atoms with Crippen LogP contribution in [0.1, 0.15) is 49.9 Å². The molecular weight excluding hydrogens is 448 g/mol. The zero-order chi connectivity index (χ0) is 26.1. The average Bonchev–Trinajstić information content (AvgIpc) is 2.86. The van der Waals surface area contributed by atoms with Crippen LogP contribution in [0.15, 0.2) is 78.9 Å². The molecule has 0 aromatic heterocycles. The van der Waals surface area contributed by atoms with E-state index in [9.17, 15) is 9.59 Å². The van der Waals surface area contributed by atoms with Gasteiger partial charge in [-0.25, -0.2) is 0 Å². The molecule has 0 saturated carbocycles. The van der Waals surface area contributed by atoms with E-state index in [4.69, 9.17) is 4.74 Å². The molecule has 5 nitrogen and oxygen atoms in total. The first-order chi connectivity index (χ1) is 17.2. The molecule has 3 rings (SSSR count). The van der Waals surface area contributed by atoms with Crippen LogP contribution >= 0.6 is 0 Å². The van der Waals surface area contributed by atoms with Crippen LogP contribution in [0, 0.1) is 6.92 Å². The van der Waals surface area contributed by atoms with E-state index in [-0.39, 0.29) is 23.8 Å². The summed E-state index contributed by atoms with van der Waals surface area (Å²) in [6, 6.07) is 24.9. The third-order valence-electron chi connectivity index (χ3n) is 6.31. The predicted molar refractivity (Wildman–Crippen MR) is 145 cm³/mol. The first-order valence-corrected chi connectivity index (χ1v) is 12.6. The molecule has 0 spiro atoms. The van der Waals surface area contributed by atoms with Crippen LogP contribution in [0.25, 0.3) is 0 Å². The van der Waals surface area contributed by atoms with Crippen molar-refractivity contribution in [2.45, 2.75) is 59.0 Å². The summed E-state index contributed by atoms with van der Waals surface area (Å²) in [4.78, 5) is 28.5. The topological polar surface area (TPSA) is 58.6 Å². The van der Waals surface area contributed by atoms with Crippen molar-refractivity contribution in [2.24, 2.45) is 0 Å². The van der Waals surface area contributed by atoms with Gasteiger partial charge in [0, 0.05) is 19.5 Å². The Morgan fingerprint density at radius 1 is 0.917 bits per heavy atom. The Labute approximate surface area is 215 Å². The van der Waals surface area contributed by atoms with E-state index in [0.717, 1.165) is 16.7 Å². The fourth-order valence-electron chi connectivity index (χ4n) is 4.10. The molecule has 0 aliphatic carbocycles. The minimum Gasteiger partial charge on any atom is -0.484 e. The maximum atomic E-state index is 13.6. The minimum atomic E-state index is -0.661. The number of hydrogen-bond acceptors (Lipinski definition) is 3. The summed E-state index contributed by atoms with van der Waals surface area (Å²) >= 11 is 0. The molecule has 5 heteroatoms. The molecule has 3 aromatic carbocycles. The fourth-order valence-corrected chi connectivity index (χ4v) is 4.10. The fraction of sp³-hybridized carbons (Fsp3) is 0.355. The van der Waals surface area contributed by atoms with Crippen LogP contribution in [0.5, 0.6) is 5.75 Å². The molecule has 1 N–H and O–H groups in total. The number of aryl methyl sites for hydroxylation is 1. The first-order valence-electron chi connectivity index (χ1n) is 12.6. The minimum absolute atomic E-state index is 0.0377. The normalized spacial score (nSPS) is 12.0. The monoisotopic (exact) mass is 486 g/mol. The lowest BCUT2D eigenvalue weighted by Gasteiger charge is -2.32. The van der Waals surface area contributed by atoms with E-state index in [1.54, 1.807) is 4.90 Å². The zero-order valence-corrected chi connectivity index (χ0v) is 22.1. The quantitative estimate of drug-likeness (QED) is 0.415.